The minimum absolute atomic E-state index is 0.120. The van der Waals surface area contributed by atoms with Crippen molar-refractivity contribution in [3.63, 3.8) is 0 Å². The van der Waals surface area contributed by atoms with Gasteiger partial charge in [0.15, 0.2) is 0 Å². The first kappa shape index (κ1) is 19.1. The monoisotopic (exact) mass is 390 g/mol. The van der Waals surface area contributed by atoms with E-state index < -0.39 is 25.8 Å². The van der Waals surface area contributed by atoms with E-state index in [1.54, 1.807) is 0 Å². The first-order valence-electron chi connectivity index (χ1n) is 6.48. The molecule has 0 unspecified atom stereocenters. The molecule has 0 aromatic heterocycles. The molecule has 0 amide bonds. The van der Waals surface area contributed by atoms with Crippen molar-refractivity contribution in [1.82, 2.24) is 0 Å². The van der Waals surface area contributed by atoms with Crippen LogP contribution in [0.4, 0.5) is 22.7 Å². The van der Waals surface area contributed by atoms with Gasteiger partial charge in [0.25, 0.3) is 0 Å². The van der Waals surface area contributed by atoms with E-state index in [1.807, 2.05) is 0 Å². The summed E-state index contributed by atoms with van der Waals surface area (Å²) in [6, 6.07) is 4.32. The lowest BCUT2D eigenvalue weighted by atomic mass is 10.2. The molecule has 11 nitrogen and oxygen atoms in total. The molecular formula is C12H16N4O7P2. The van der Waals surface area contributed by atoms with E-state index in [0.29, 0.717) is 0 Å². The fourth-order valence-electron chi connectivity index (χ4n) is 2.00. The summed E-state index contributed by atoms with van der Waals surface area (Å²) in [4.78, 5) is 37.2. The number of rotatable bonds is 4. The molecule has 0 radical (unpaired) electrons. The zero-order valence-electron chi connectivity index (χ0n) is 12.5. The summed E-state index contributed by atoms with van der Waals surface area (Å²) >= 11 is 0. The highest BCUT2D eigenvalue weighted by Gasteiger charge is 2.25. The zero-order chi connectivity index (χ0) is 19.2. The molecule has 0 aliphatic heterocycles. The van der Waals surface area contributed by atoms with Crippen LogP contribution in [0.2, 0.25) is 0 Å². The number of hydrogen-bond acceptors (Lipinski definition) is 7. The van der Waals surface area contributed by atoms with Crippen molar-refractivity contribution in [2.24, 2.45) is 0 Å². The Morgan fingerprint density at radius 2 is 1.00 bits per heavy atom. The second kappa shape index (κ2) is 6.23. The Labute approximate surface area is 141 Å². The SMILES string of the molecule is Nc1cc(Oc2cc(N)c(N)c(P(=O)(O)O)c2)cc(P(=O)(O)O)c1N. The van der Waals surface area contributed by atoms with Gasteiger partial charge < -0.3 is 47.2 Å². The molecule has 0 saturated heterocycles. The summed E-state index contributed by atoms with van der Waals surface area (Å²) in [5, 5.41) is -1.08. The van der Waals surface area contributed by atoms with E-state index in [2.05, 4.69) is 0 Å². The van der Waals surface area contributed by atoms with Gasteiger partial charge >= 0.3 is 15.2 Å². The zero-order valence-corrected chi connectivity index (χ0v) is 14.3. The number of hydrogen-bond donors (Lipinski definition) is 8. The van der Waals surface area contributed by atoms with E-state index in [1.165, 1.54) is 12.1 Å². The van der Waals surface area contributed by atoms with Gasteiger partial charge in [-0.15, -0.1) is 0 Å². The maximum absolute atomic E-state index is 11.5. The van der Waals surface area contributed by atoms with Crippen molar-refractivity contribution in [3.05, 3.63) is 24.3 Å². The predicted molar refractivity (Wildman–Crippen MR) is 94.0 cm³/mol. The van der Waals surface area contributed by atoms with Gasteiger partial charge in [0.05, 0.1) is 33.4 Å². The lowest BCUT2D eigenvalue weighted by Crippen LogP contribution is -2.14. The first-order valence-corrected chi connectivity index (χ1v) is 9.71. The topological polar surface area (TPSA) is 228 Å². The standard InChI is InChI=1S/C12H16N4O7P2/c13-7-1-5(3-9(11(7)15)24(17,18)19)23-6-2-8(14)12(16)10(4-6)25(20,21)22/h1-4H,13-16H2,(H2,17,18,19)(H2,20,21,22). The Morgan fingerprint density at radius 3 is 1.28 bits per heavy atom. The molecule has 0 heterocycles. The third-order valence-corrected chi connectivity index (χ3v) is 5.19. The molecule has 0 saturated carbocycles. The maximum atomic E-state index is 11.5. The molecule has 0 fully saturated rings. The van der Waals surface area contributed by atoms with Gasteiger partial charge in [-0.2, -0.15) is 0 Å². The van der Waals surface area contributed by atoms with Crippen molar-refractivity contribution in [2.75, 3.05) is 22.9 Å². The minimum atomic E-state index is -4.72. The summed E-state index contributed by atoms with van der Waals surface area (Å²) in [7, 11) is -9.44. The van der Waals surface area contributed by atoms with Gasteiger partial charge in [-0.25, -0.2) is 0 Å². The molecule has 0 aliphatic carbocycles. The van der Waals surface area contributed by atoms with E-state index in [9.17, 15) is 28.7 Å². The van der Waals surface area contributed by atoms with Crippen molar-refractivity contribution in [1.29, 1.82) is 0 Å². The number of benzene rings is 2. The molecule has 0 atom stereocenters. The minimum Gasteiger partial charge on any atom is -0.457 e. The van der Waals surface area contributed by atoms with Crippen molar-refractivity contribution in [3.8, 4) is 11.5 Å². The predicted octanol–water partition coefficient (Wildman–Crippen LogP) is -0.586. The summed E-state index contributed by atoms with van der Waals surface area (Å²) in [5.41, 5.74) is 21.4. The van der Waals surface area contributed by atoms with Crippen LogP contribution in [0.15, 0.2) is 24.3 Å². The molecule has 25 heavy (non-hydrogen) atoms. The van der Waals surface area contributed by atoms with Crippen LogP contribution in [0.3, 0.4) is 0 Å². The summed E-state index contributed by atoms with van der Waals surface area (Å²) < 4.78 is 28.3. The fraction of sp³-hybridized carbons (Fsp3) is 0. The molecule has 2 aromatic carbocycles. The molecule has 0 bridgehead atoms. The molecule has 0 aliphatic rings. The van der Waals surface area contributed by atoms with Gasteiger partial charge in [-0.3, -0.25) is 9.13 Å². The summed E-state index contributed by atoms with van der Waals surface area (Å²) in [6.07, 6.45) is 0. The van der Waals surface area contributed by atoms with Gasteiger partial charge in [-0.05, 0) is 12.1 Å². The largest absolute Gasteiger partial charge is 0.457 e. The van der Waals surface area contributed by atoms with Crippen molar-refractivity contribution < 1.29 is 33.4 Å². The smallest absolute Gasteiger partial charge is 0.358 e. The van der Waals surface area contributed by atoms with Crippen LogP contribution < -0.4 is 38.3 Å². The van der Waals surface area contributed by atoms with Crippen LogP contribution in [-0.2, 0) is 9.13 Å². The Morgan fingerprint density at radius 1 is 0.680 bits per heavy atom. The van der Waals surface area contributed by atoms with E-state index in [-0.39, 0.29) is 34.2 Å². The summed E-state index contributed by atoms with van der Waals surface area (Å²) in [6.45, 7) is 0. The molecule has 2 aromatic rings. The Kier molecular flexibility index (Phi) is 4.75. The van der Waals surface area contributed by atoms with Crippen LogP contribution in [0, 0.1) is 0 Å². The van der Waals surface area contributed by atoms with E-state index in [0.717, 1.165) is 12.1 Å². The second-order valence-corrected chi connectivity index (χ2v) is 8.22. The highest BCUT2D eigenvalue weighted by atomic mass is 31.2. The second-order valence-electron chi connectivity index (χ2n) is 5.08. The third kappa shape index (κ3) is 4.05. The molecule has 0 spiro atoms. The number of nitrogen functional groups attached to an aromatic ring is 4. The van der Waals surface area contributed by atoms with Gasteiger partial charge in [0, 0.05) is 12.1 Å². The Balaban J connectivity index is 2.55. The van der Waals surface area contributed by atoms with Crippen molar-refractivity contribution in [2.45, 2.75) is 0 Å². The van der Waals surface area contributed by atoms with Crippen molar-refractivity contribution >= 4 is 48.6 Å². The number of ether oxygens (including phenoxy) is 1. The normalized spacial score (nSPS) is 12.2. The lowest BCUT2D eigenvalue weighted by molar-refractivity contribution is 0.385. The molecule has 12 N–H and O–H groups in total. The molecule has 136 valence electrons. The van der Waals surface area contributed by atoms with Crippen LogP contribution in [0.1, 0.15) is 0 Å². The number of anilines is 4. The van der Waals surface area contributed by atoms with Gasteiger partial charge in [0.1, 0.15) is 11.5 Å². The van der Waals surface area contributed by atoms with Crippen LogP contribution >= 0.6 is 15.2 Å². The molecule has 2 rings (SSSR count). The van der Waals surface area contributed by atoms with E-state index in [4.69, 9.17) is 27.7 Å². The average molecular weight is 390 g/mol. The Bertz CT molecular complexity index is 862. The van der Waals surface area contributed by atoms with Crippen LogP contribution in [-0.4, -0.2) is 19.6 Å². The molecule has 13 heteroatoms. The van der Waals surface area contributed by atoms with Gasteiger partial charge in [0.2, 0.25) is 0 Å². The van der Waals surface area contributed by atoms with Crippen LogP contribution in [0.5, 0.6) is 11.5 Å². The van der Waals surface area contributed by atoms with Gasteiger partial charge in [-0.1, -0.05) is 0 Å². The number of nitrogens with two attached hydrogens (primary N) is 4. The highest BCUT2D eigenvalue weighted by Crippen LogP contribution is 2.42. The quantitative estimate of drug-likeness (QED) is 0.243. The third-order valence-electron chi connectivity index (χ3n) is 3.19. The highest BCUT2D eigenvalue weighted by molar-refractivity contribution is 7.61. The lowest BCUT2D eigenvalue weighted by Gasteiger charge is -2.15. The summed E-state index contributed by atoms with van der Waals surface area (Å²) in [5.74, 6) is -0.239. The Hall–Kier alpha value is -2.26. The van der Waals surface area contributed by atoms with E-state index >= 15 is 0 Å². The fourth-order valence-corrected chi connectivity index (χ4v) is 3.48. The average Bonchev–Trinajstić information content (AvgIpc) is 2.43. The first-order chi connectivity index (χ1) is 11.3. The molecular weight excluding hydrogens is 374 g/mol. The van der Waals surface area contributed by atoms with Crippen LogP contribution in [0.25, 0.3) is 0 Å². The maximum Gasteiger partial charge on any atom is 0.358 e.